The summed E-state index contributed by atoms with van der Waals surface area (Å²) in [7, 11) is 0. The van der Waals surface area contributed by atoms with Crippen LogP contribution in [0.3, 0.4) is 0 Å². The number of allylic oxidation sites excluding steroid dienone is 2. The summed E-state index contributed by atoms with van der Waals surface area (Å²) in [5.41, 5.74) is 3.53. The van der Waals surface area contributed by atoms with Crippen LogP contribution >= 0.6 is 0 Å². The van der Waals surface area contributed by atoms with E-state index in [1.807, 2.05) is 18.2 Å². The highest BCUT2D eigenvalue weighted by atomic mass is 16.1. The lowest BCUT2D eigenvalue weighted by molar-refractivity contribution is -0.115. The molecule has 0 bridgehead atoms. The minimum atomic E-state index is 0.339. The van der Waals surface area contributed by atoms with Crippen LogP contribution in [-0.4, -0.2) is 5.78 Å². The molecule has 0 aromatic heterocycles. The first-order chi connectivity index (χ1) is 6.83. The second-order valence-corrected chi connectivity index (χ2v) is 3.67. The van der Waals surface area contributed by atoms with Gasteiger partial charge in [-0.3, -0.25) is 4.79 Å². The Morgan fingerprint density at radius 2 is 1.93 bits per heavy atom. The summed E-state index contributed by atoms with van der Waals surface area (Å²) < 4.78 is 0. The zero-order chi connectivity index (χ0) is 9.97. The summed E-state index contributed by atoms with van der Waals surface area (Å²) >= 11 is 0. The number of carbonyl (C=O) groups excluding carboxylic acids is 1. The van der Waals surface area contributed by atoms with E-state index in [0.717, 1.165) is 18.4 Å². The third kappa shape index (κ3) is 1.50. The van der Waals surface area contributed by atoms with Crippen molar-refractivity contribution in [1.29, 1.82) is 0 Å². The Hall–Kier alpha value is -1.37. The quantitative estimate of drug-likeness (QED) is 0.708. The fourth-order valence-corrected chi connectivity index (χ4v) is 1.89. The minimum absolute atomic E-state index is 0.339. The van der Waals surface area contributed by atoms with Crippen molar-refractivity contribution in [1.82, 2.24) is 0 Å². The Kier molecular flexibility index (Phi) is 2.49. The highest BCUT2D eigenvalue weighted by Crippen LogP contribution is 2.35. The molecule has 0 N–H and O–H groups in total. The van der Waals surface area contributed by atoms with E-state index >= 15 is 0 Å². The van der Waals surface area contributed by atoms with E-state index in [4.69, 9.17) is 0 Å². The predicted molar refractivity (Wildman–Crippen MR) is 57.9 cm³/mol. The smallest absolute Gasteiger partial charge is 0.163 e. The minimum Gasteiger partial charge on any atom is -0.294 e. The van der Waals surface area contributed by atoms with Gasteiger partial charge in [0, 0.05) is 6.42 Å². The summed E-state index contributed by atoms with van der Waals surface area (Å²) in [5, 5.41) is 0. The second-order valence-electron chi connectivity index (χ2n) is 3.67. The van der Waals surface area contributed by atoms with Gasteiger partial charge >= 0.3 is 0 Å². The van der Waals surface area contributed by atoms with Gasteiger partial charge in [0.1, 0.15) is 0 Å². The average Bonchev–Trinajstić information content (AvgIpc) is 2.24. The molecule has 1 aliphatic rings. The number of ketones is 1. The predicted octanol–water partition coefficient (Wildman–Crippen LogP) is 3.21. The topological polar surface area (TPSA) is 17.1 Å². The van der Waals surface area contributed by atoms with Gasteiger partial charge in [-0.05, 0) is 23.1 Å². The highest BCUT2D eigenvalue weighted by Gasteiger charge is 2.26. The SMILES string of the molecule is CCCC1=C(c2ccccc2)CC1=O. The van der Waals surface area contributed by atoms with E-state index in [-0.39, 0.29) is 0 Å². The third-order valence-electron chi connectivity index (χ3n) is 2.66. The number of carbonyl (C=O) groups is 1. The van der Waals surface area contributed by atoms with Crippen molar-refractivity contribution in [3.05, 3.63) is 41.5 Å². The normalized spacial score (nSPS) is 15.6. The molecule has 0 unspecified atom stereocenters. The molecule has 0 saturated heterocycles. The molecular weight excluding hydrogens is 172 g/mol. The Labute approximate surface area is 84.5 Å². The molecule has 0 amide bonds. The first-order valence-corrected chi connectivity index (χ1v) is 5.13. The number of Topliss-reactive ketones (excluding diaryl/α,β-unsaturated/α-hetero) is 1. The van der Waals surface area contributed by atoms with Crippen molar-refractivity contribution in [2.75, 3.05) is 0 Å². The lowest BCUT2D eigenvalue weighted by Gasteiger charge is -2.22. The van der Waals surface area contributed by atoms with Crippen LogP contribution in [0.4, 0.5) is 0 Å². The molecule has 0 atom stereocenters. The molecule has 1 aromatic rings. The van der Waals surface area contributed by atoms with Crippen molar-refractivity contribution in [3.63, 3.8) is 0 Å². The molecule has 0 fully saturated rings. The first-order valence-electron chi connectivity index (χ1n) is 5.13. The molecule has 1 nitrogen and oxygen atoms in total. The van der Waals surface area contributed by atoms with E-state index in [1.165, 1.54) is 11.1 Å². The van der Waals surface area contributed by atoms with Gasteiger partial charge in [0.2, 0.25) is 0 Å². The molecule has 72 valence electrons. The van der Waals surface area contributed by atoms with Crippen LogP contribution in [0.2, 0.25) is 0 Å². The van der Waals surface area contributed by atoms with Crippen LogP contribution < -0.4 is 0 Å². The van der Waals surface area contributed by atoms with Crippen molar-refractivity contribution in [2.45, 2.75) is 26.2 Å². The molecule has 0 radical (unpaired) electrons. The Morgan fingerprint density at radius 3 is 2.50 bits per heavy atom. The largest absolute Gasteiger partial charge is 0.294 e. The van der Waals surface area contributed by atoms with Crippen molar-refractivity contribution < 1.29 is 4.79 Å². The lowest BCUT2D eigenvalue weighted by Crippen LogP contribution is -2.16. The number of hydrogen-bond acceptors (Lipinski definition) is 1. The summed E-state index contributed by atoms with van der Waals surface area (Å²) in [4.78, 5) is 11.3. The number of rotatable bonds is 3. The van der Waals surface area contributed by atoms with Gasteiger partial charge in [-0.15, -0.1) is 0 Å². The van der Waals surface area contributed by atoms with E-state index < -0.39 is 0 Å². The molecule has 0 aliphatic heterocycles. The van der Waals surface area contributed by atoms with Crippen LogP contribution in [0, 0.1) is 0 Å². The molecular formula is C13H14O. The van der Waals surface area contributed by atoms with E-state index in [2.05, 4.69) is 19.1 Å². The van der Waals surface area contributed by atoms with Crippen molar-refractivity contribution in [2.24, 2.45) is 0 Å². The van der Waals surface area contributed by atoms with Gasteiger partial charge in [-0.1, -0.05) is 43.7 Å². The fourth-order valence-electron chi connectivity index (χ4n) is 1.89. The maximum absolute atomic E-state index is 11.3. The summed E-state index contributed by atoms with van der Waals surface area (Å²) in [6.45, 7) is 2.11. The van der Waals surface area contributed by atoms with E-state index in [0.29, 0.717) is 12.2 Å². The van der Waals surface area contributed by atoms with Crippen LogP contribution in [-0.2, 0) is 4.79 Å². The van der Waals surface area contributed by atoms with Crippen LogP contribution in [0.25, 0.3) is 5.57 Å². The number of hydrogen-bond donors (Lipinski definition) is 0. The first kappa shape index (κ1) is 9.20. The highest BCUT2D eigenvalue weighted by molar-refractivity contribution is 6.16. The zero-order valence-electron chi connectivity index (χ0n) is 8.42. The monoisotopic (exact) mass is 186 g/mol. The van der Waals surface area contributed by atoms with Crippen LogP contribution in [0.5, 0.6) is 0 Å². The Balaban J connectivity index is 2.31. The second kappa shape index (κ2) is 3.79. The zero-order valence-corrected chi connectivity index (χ0v) is 8.42. The Bertz CT molecular complexity index is 373. The van der Waals surface area contributed by atoms with Crippen molar-refractivity contribution >= 4 is 11.4 Å². The molecule has 14 heavy (non-hydrogen) atoms. The molecule has 0 heterocycles. The third-order valence-corrected chi connectivity index (χ3v) is 2.66. The van der Waals surface area contributed by atoms with Gasteiger partial charge in [0.25, 0.3) is 0 Å². The van der Waals surface area contributed by atoms with Gasteiger partial charge in [0.15, 0.2) is 5.78 Å². The maximum atomic E-state index is 11.3. The van der Waals surface area contributed by atoms with Crippen LogP contribution in [0.15, 0.2) is 35.9 Å². The molecule has 1 aliphatic carbocycles. The van der Waals surface area contributed by atoms with Crippen LogP contribution in [0.1, 0.15) is 31.7 Å². The molecule has 2 rings (SSSR count). The van der Waals surface area contributed by atoms with Gasteiger partial charge in [-0.25, -0.2) is 0 Å². The standard InChI is InChI=1S/C13H14O/c1-2-6-11-12(9-13(11)14)10-7-4-3-5-8-10/h3-5,7-8H,2,6,9H2,1H3. The molecule has 0 saturated carbocycles. The fraction of sp³-hybridized carbons (Fsp3) is 0.308. The molecule has 1 heteroatoms. The lowest BCUT2D eigenvalue weighted by atomic mass is 9.80. The molecule has 1 aromatic carbocycles. The maximum Gasteiger partial charge on any atom is 0.163 e. The van der Waals surface area contributed by atoms with Gasteiger partial charge in [0.05, 0.1) is 0 Å². The summed E-state index contributed by atoms with van der Waals surface area (Å²) in [6.07, 6.45) is 2.62. The number of benzene rings is 1. The average molecular weight is 186 g/mol. The van der Waals surface area contributed by atoms with Gasteiger partial charge < -0.3 is 0 Å². The Morgan fingerprint density at radius 1 is 1.21 bits per heavy atom. The van der Waals surface area contributed by atoms with Gasteiger partial charge in [-0.2, -0.15) is 0 Å². The summed E-state index contributed by atoms with van der Waals surface area (Å²) in [6, 6.07) is 10.2. The summed E-state index contributed by atoms with van der Waals surface area (Å²) in [5.74, 6) is 0.339. The molecule has 0 spiro atoms. The van der Waals surface area contributed by atoms with Crippen molar-refractivity contribution in [3.8, 4) is 0 Å². The van der Waals surface area contributed by atoms with E-state index in [1.54, 1.807) is 0 Å². The van der Waals surface area contributed by atoms with E-state index in [9.17, 15) is 4.79 Å².